The van der Waals surface area contributed by atoms with Gasteiger partial charge in [-0.05, 0) is 60.9 Å². The van der Waals surface area contributed by atoms with Gasteiger partial charge in [-0.15, -0.1) is 11.3 Å². The zero-order valence-corrected chi connectivity index (χ0v) is 21.5. The summed E-state index contributed by atoms with van der Waals surface area (Å²) in [6.07, 6.45) is 0.544. The number of hydrogen-bond acceptors (Lipinski definition) is 6. The number of benzene rings is 2. The van der Waals surface area contributed by atoms with E-state index in [-0.39, 0.29) is 23.9 Å². The van der Waals surface area contributed by atoms with Gasteiger partial charge in [-0.3, -0.25) is 9.59 Å². The molecule has 8 heteroatoms. The van der Waals surface area contributed by atoms with Crippen molar-refractivity contribution in [3.63, 3.8) is 0 Å². The summed E-state index contributed by atoms with van der Waals surface area (Å²) in [7, 11) is 0. The molecule has 0 spiro atoms. The lowest BCUT2D eigenvalue weighted by atomic mass is 10.0. The molecule has 36 heavy (non-hydrogen) atoms. The van der Waals surface area contributed by atoms with Crippen molar-refractivity contribution in [2.75, 3.05) is 25.0 Å². The predicted octanol–water partition coefficient (Wildman–Crippen LogP) is 3.58. The fourth-order valence-corrected chi connectivity index (χ4v) is 5.48. The largest absolute Gasteiger partial charge is 0.380 e. The van der Waals surface area contributed by atoms with Crippen LogP contribution in [-0.2, 0) is 11.3 Å². The van der Waals surface area contributed by atoms with Gasteiger partial charge in [0.25, 0.3) is 5.91 Å². The molecule has 5 rings (SSSR count). The summed E-state index contributed by atoms with van der Waals surface area (Å²) in [6.45, 7) is 7.34. The molecular weight excluding hydrogens is 470 g/mol. The van der Waals surface area contributed by atoms with Crippen molar-refractivity contribution in [2.24, 2.45) is 0 Å². The third-order valence-corrected chi connectivity index (χ3v) is 7.99. The topological polar surface area (TPSA) is 94.3 Å². The van der Waals surface area contributed by atoms with Crippen LogP contribution in [0.15, 0.2) is 54.6 Å². The smallest absolute Gasteiger partial charge is 0.252 e. The van der Waals surface area contributed by atoms with Crippen LogP contribution in [0.1, 0.15) is 45.7 Å². The van der Waals surface area contributed by atoms with E-state index in [0.717, 1.165) is 42.0 Å². The van der Waals surface area contributed by atoms with Crippen LogP contribution in [0.2, 0.25) is 0 Å². The number of anilines is 1. The summed E-state index contributed by atoms with van der Waals surface area (Å²) in [5.41, 5.74) is 4.84. The standard InChI is InChI=1S/C28H33N5O2S/c1-17-6-7-21(33-23-13-29-14-23)11-25(17)28(35)32-18(2)19-4-3-5-20(10-19)26-9-8-24(36-26)16-30-22-12-27(34)31-15-22/h3-11,18,22-23,29-30,33H,12-16H2,1-2H3,(H,31,34)(H,32,35). The van der Waals surface area contributed by atoms with E-state index in [1.54, 1.807) is 11.3 Å². The van der Waals surface area contributed by atoms with Gasteiger partial charge in [0.15, 0.2) is 0 Å². The molecule has 2 aromatic carbocycles. The van der Waals surface area contributed by atoms with E-state index in [1.165, 1.54) is 9.75 Å². The van der Waals surface area contributed by atoms with Crippen LogP contribution >= 0.6 is 11.3 Å². The lowest BCUT2D eigenvalue weighted by molar-refractivity contribution is -0.119. The minimum absolute atomic E-state index is 0.0647. The second kappa shape index (κ2) is 10.8. The Hall–Kier alpha value is -3.20. The van der Waals surface area contributed by atoms with Gasteiger partial charge in [-0.25, -0.2) is 0 Å². The Morgan fingerprint density at radius 2 is 1.94 bits per heavy atom. The average Bonchev–Trinajstić information content (AvgIpc) is 3.50. The number of aryl methyl sites for hydroxylation is 1. The second-order valence-electron chi connectivity index (χ2n) is 9.70. The van der Waals surface area contributed by atoms with Gasteiger partial charge in [-0.1, -0.05) is 24.3 Å². The molecule has 0 radical (unpaired) electrons. The zero-order valence-electron chi connectivity index (χ0n) is 20.7. The van der Waals surface area contributed by atoms with Gasteiger partial charge in [0.1, 0.15) is 0 Å². The molecule has 7 nitrogen and oxygen atoms in total. The molecule has 0 bridgehead atoms. The molecule has 5 N–H and O–H groups in total. The van der Waals surface area contributed by atoms with Crippen molar-refractivity contribution in [1.82, 2.24) is 21.3 Å². The first-order valence-corrected chi connectivity index (χ1v) is 13.3. The molecule has 0 aliphatic carbocycles. The quantitative estimate of drug-likeness (QED) is 0.308. The van der Waals surface area contributed by atoms with E-state index in [1.807, 2.05) is 38.1 Å². The van der Waals surface area contributed by atoms with Crippen molar-refractivity contribution >= 4 is 28.8 Å². The van der Waals surface area contributed by atoms with Gasteiger partial charge >= 0.3 is 0 Å². The maximum absolute atomic E-state index is 13.1. The lowest BCUT2D eigenvalue weighted by Crippen LogP contribution is -2.51. The van der Waals surface area contributed by atoms with Crippen LogP contribution in [0, 0.1) is 6.92 Å². The molecule has 2 atom stereocenters. The van der Waals surface area contributed by atoms with Crippen molar-refractivity contribution in [3.8, 4) is 10.4 Å². The fraction of sp³-hybridized carbons (Fsp3) is 0.357. The van der Waals surface area contributed by atoms with E-state index >= 15 is 0 Å². The zero-order chi connectivity index (χ0) is 25.1. The van der Waals surface area contributed by atoms with Crippen LogP contribution in [-0.4, -0.2) is 43.5 Å². The Bertz CT molecular complexity index is 1250. The average molecular weight is 504 g/mol. The molecule has 3 heterocycles. The van der Waals surface area contributed by atoms with Crippen molar-refractivity contribution in [1.29, 1.82) is 0 Å². The summed E-state index contributed by atoms with van der Waals surface area (Å²) >= 11 is 1.75. The van der Waals surface area contributed by atoms with E-state index in [4.69, 9.17) is 0 Å². The molecule has 2 fully saturated rings. The predicted molar refractivity (Wildman–Crippen MR) is 145 cm³/mol. The molecule has 2 saturated heterocycles. The summed E-state index contributed by atoms with van der Waals surface area (Å²) in [5.74, 6) is 0.0494. The minimum atomic E-state index is -0.127. The van der Waals surface area contributed by atoms with Crippen LogP contribution in [0.5, 0.6) is 0 Å². The second-order valence-corrected chi connectivity index (χ2v) is 10.9. The Morgan fingerprint density at radius 1 is 1.08 bits per heavy atom. The van der Waals surface area contributed by atoms with E-state index in [9.17, 15) is 9.59 Å². The maximum Gasteiger partial charge on any atom is 0.252 e. The summed E-state index contributed by atoms with van der Waals surface area (Å²) in [5, 5.41) is 16.2. The van der Waals surface area contributed by atoms with E-state index in [0.29, 0.717) is 24.6 Å². The number of nitrogens with one attached hydrogen (secondary N) is 5. The van der Waals surface area contributed by atoms with Crippen molar-refractivity contribution < 1.29 is 9.59 Å². The minimum Gasteiger partial charge on any atom is -0.380 e. The van der Waals surface area contributed by atoms with Gasteiger partial charge in [0.2, 0.25) is 5.91 Å². The highest BCUT2D eigenvalue weighted by Crippen LogP contribution is 2.30. The van der Waals surface area contributed by atoms with Crippen molar-refractivity contribution in [3.05, 3.63) is 76.2 Å². The Labute approximate surface area is 216 Å². The van der Waals surface area contributed by atoms with E-state index < -0.39 is 0 Å². The third kappa shape index (κ3) is 5.78. The van der Waals surface area contributed by atoms with Gasteiger partial charge in [0, 0.05) is 59.6 Å². The Kier molecular flexibility index (Phi) is 7.36. The molecule has 2 amide bonds. The summed E-state index contributed by atoms with van der Waals surface area (Å²) < 4.78 is 0. The SMILES string of the molecule is Cc1ccc(NC2CNC2)cc1C(=O)NC(C)c1cccc(-c2ccc(CNC3CNC(=O)C3)s2)c1. The van der Waals surface area contributed by atoms with Crippen molar-refractivity contribution in [2.45, 2.75) is 44.9 Å². The van der Waals surface area contributed by atoms with E-state index in [2.05, 4.69) is 56.9 Å². The molecule has 0 saturated carbocycles. The highest BCUT2D eigenvalue weighted by atomic mass is 32.1. The number of rotatable bonds is 9. The monoisotopic (exact) mass is 503 g/mol. The number of carbonyl (C=O) groups excluding carboxylic acids is 2. The highest BCUT2D eigenvalue weighted by Gasteiger charge is 2.21. The molecular formula is C28H33N5O2S. The molecule has 188 valence electrons. The third-order valence-electron chi connectivity index (χ3n) is 6.86. The number of amides is 2. The Morgan fingerprint density at radius 3 is 2.69 bits per heavy atom. The number of thiophene rings is 1. The number of hydrogen-bond donors (Lipinski definition) is 5. The molecule has 2 aliphatic rings. The normalized spacial score (nSPS) is 18.4. The van der Waals surface area contributed by atoms with Crippen LogP contribution in [0.3, 0.4) is 0 Å². The number of carbonyl (C=O) groups is 2. The fourth-order valence-electron chi connectivity index (χ4n) is 4.52. The molecule has 2 unspecified atom stereocenters. The summed E-state index contributed by atoms with van der Waals surface area (Å²) in [4.78, 5) is 27.0. The first-order chi connectivity index (χ1) is 17.4. The first-order valence-electron chi connectivity index (χ1n) is 12.5. The van der Waals surface area contributed by atoms with Gasteiger partial charge in [0.05, 0.1) is 12.1 Å². The van der Waals surface area contributed by atoms with Crippen LogP contribution < -0.4 is 26.6 Å². The Balaban J connectivity index is 1.22. The molecule has 1 aromatic heterocycles. The van der Waals surface area contributed by atoms with Crippen LogP contribution in [0.25, 0.3) is 10.4 Å². The van der Waals surface area contributed by atoms with Gasteiger partial charge < -0.3 is 26.6 Å². The molecule has 3 aromatic rings. The maximum atomic E-state index is 13.1. The van der Waals surface area contributed by atoms with Crippen LogP contribution in [0.4, 0.5) is 5.69 Å². The highest BCUT2D eigenvalue weighted by molar-refractivity contribution is 7.15. The first kappa shape index (κ1) is 24.5. The lowest BCUT2D eigenvalue weighted by Gasteiger charge is -2.29. The summed E-state index contributed by atoms with van der Waals surface area (Å²) in [6, 6.07) is 19.1. The molecule has 2 aliphatic heterocycles. The van der Waals surface area contributed by atoms with Gasteiger partial charge in [-0.2, -0.15) is 0 Å².